The van der Waals surface area contributed by atoms with Crippen LogP contribution in [0, 0.1) is 13.8 Å². The van der Waals surface area contributed by atoms with E-state index in [2.05, 4.69) is 63.2 Å². The average molecular weight is 250 g/mol. The van der Waals surface area contributed by atoms with Gasteiger partial charge in [-0.3, -0.25) is 0 Å². The quantitative estimate of drug-likeness (QED) is 0.811. The fourth-order valence-electron chi connectivity index (χ4n) is 2.37. The number of benzene rings is 1. The first-order valence-electron chi connectivity index (χ1n) is 6.55. The van der Waals surface area contributed by atoms with E-state index >= 15 is 0 Å². The molecule has 18 heavy (non-hydrogen) atoms. The van der Waals surface area contributed by atoms with Crippen LogP contribution in [0.1, 0.15) is 25.0 Å². The van der Waals surface area contributed by atoms with Crippen molar-refractivity contribution in [2.45, 2.75) is 33.2 Å². The molecule has 3 nitrogen and oxygen atoms in total. The van der Waals surface area contributed by atoms with Gasteiger partial charge in [-0.25, -0.2) is 0 Å². The van der Waals surface area contributed by atoms with Crippen LogP contribution in [0.15, 0.2) is 18.2 Å². The van der Waals surface area contributed by atoms with Crippen molar-refractivity contribution in [3.63, 3.8) is 0 Å². The maximum Gasteiger partial charge on any atom is 0.0627 e. The molecule has 0 aliphatic heterocycles. The molecule has 0 aromatic heterocycles. The minimum atomic E-state index is -0.263. The molecular weight excluding hydrogens is 224 g/mol. The normalized spacial score (nSPS) is 14.3. The summed E-state index contributed by atoms with van der Waals surface area (Å²) in [6.07, 6.45) is 0. The van der Waals surface area contributed by atoms with Crippen molar-refractivity contribution < 1.29 is 5.11 Å². The molecule has 0 amide bonds. The molecule has 1 unspecified atom stereocenters. The van der Waals surface area contributed by atoms with Crippen molar-refractivity contribution in [3.8, 4) is 0 Å². The summed E-state index contributed by atoms with van der Waals surface area (Å²) >= 11 is 0. The average Bonchev–Trinajstić information content (AvgIpc) is 2.28. The molecule has 0 spiro atoms. The highest BCUT2D eigenvalue weighted by Crippen LogP contribution is 2.19. The largest absolute Gasteiger partial charge is 0.394 e. The molecule has 3 heteroatoms. The Labute approximate surface area is 111 Å². The number of hydrogen-bond acceptors (Lipinski definition) is 3. The Morgan fingerprint density at radius 1 is 1.22 bits per heavy atom. The monoisotopic (exact) mass is 250 g/mol. The van der Waals surface area contributed by atoms with Crippen molar-refractivity contribution in [2.75, 3.05) is 31.6 Å². The van der Waals surface area contributed by atoms with E-state index in [9.17, 15) is 5.11 Å². The molecule has 0 fully saturated rings. The predicted molar refractivity (Wildman–Crippen MR) is 78.4 cm³/mol. The molecule has 0 bridgehead atoms. The first-order chi connectivity index (χ1) is 8.40. The Hall–Kier alpha value is -1.06. The van der Waals surface area contributed by atoms with Gasteiger partial charge in [-0.15, -0.1) is 0 Å². The van der Waals surface area contributed by atoms with E-state index in [0.29, 0.717) is 0 Å². The third-order valence-electron chi connectivity index (χ3n) is 3.19. The van der Waals surface area contributed by atoms with Crippen LogP contribution in [0.25, 0.3) is 0 Å². The third-order valence-corrected chi connectivity index (χ3v) is 3.19. The highest BCUT2D eigenvalue weighted by Gasteiger charge is 2.24. The number of nitrogens with zero attached hydrogens (tertiary/aromatic N) is 1. The maximum absolute atomic E-state index is 9.53. The number of rotatable bonds is 6. The summed E-state index contributed by atoms with van der Waals surface area (Å²) in [5, 5.41) is 12.9. The lowest BCUT2D eigenvalue weighted by Crippen LogP contribution is -2.53. The minimum absolute atomic E-state index is 0.135. The lowest BCUT2D eigenvalue weighted by molar-refractivity contribution is 0.181. The van der Waals surface area contributed by atoms with Gasteiger partial charge >= 0.3 is 0 Å². The maximum atomic E-state index is 9.53. The van der Waals surface area contributed by atoms with Crippen molar-refractivity contribution in [2.24, 2.45) is 0 Å². The fourth-order valence-corrected chi connectivity index (χ4v) is 2.37. The van der Waals surface area contributed by atoms with Crippen LogP contribution in [-0.2, 0) is 0 Å². The van der Waals surface area contributed by atoms with E-state index in [0.717, 1.165) is 13.1 Å². The van der Waals surface area contributed by atoms with Crippen molar-refractivity contribution in [3.05, 3.63) is 29.3 Å². The Balaban J connectivity index is 2.83. The predicted octanol–water partition coefficient (Wildman–Crippen LogP) is 2.10. The lowest BCUT2D eigenvalue weighted by atomic mass is 10.0. The number of likely N-dealkylation sites (N-methyl/N-ethyl adjacent to an activating group) is 2. The number of aliphatic hydroxyl groups excluding tert-OH is 1. The Bertz CT molecular complexity index is 372. The summed E-state index contributed by atoms with van der Waals surface area (Å²) < 4.78 is 0. The molecule has 1 atom stereocenters. The number of aliphatic hydroxyl groups is 1. The van der Waals surface area contributed by atoms with Crippen LogP contribution in [0.2, 0.25) is 0 Å². The summed E-state index contributed by atoms with van der Waals surface area (Å²) in [5.41, 5.74) is 3.48. The van der Waals surface area contributed by atoms with Crippen LogP contribution in [0.5, 0.6) is 0 Å². The van der Waals surface area contributed by atoms with E-state index in [4.69, 9.17) is 0 Å². The molecule has 0 saturated heterocycles. The van der Waals surface area contributed by atoms with Gasteiger partial charge in [-0.2, -0.15) is 0 Å². The highest BCUT2D eigenvalue weighted by molar-refractivity contribution is 5.50. The Kier molecular flexibility index (Phi) is 5.17. The minimum Gasteiger partial charge on any atom is -0.394 e. The van der Waals surface area contributed by atoms with Crippen LogP contribution in [-0.4, -0.2) is 37.4 Å². The van der Waals surface area contributed by atoms with Gasteiger partial charge in [0.2, 0.25) is 0 Å². The zero-order valence-electron chi connectivity index (χ0n) is 12.2. The smallest absolute Gasteiger partial charge is 0.0627 e. The van der Waals surface area contributed by atoms with Crippen LogP contribution in [0.4, 0.5) is 5.69 Å². The molecule has 0 aliphatic carbocycles. The standard InChI is InChI=1S/C15H26N2O/c1-6-16-15(4,11-18)10-17(5)14-8-12(2)7-13(3)9-14/h7-9,16,18H,6,10-11H2,1-5H3. The van der Waals surface area contributed by atoms with E-state index in [1.165, 1.54) is 16.8 Å². The van der Waals surface area contributed by atoms with E-state index < -0.39 is 0 Å². The third kappa shape index (κ3) is 4.00. The number of aryl methyl sites for hydroxylation is 2. The topological polar surface area (TPSA) is 35.5 Å². The molecule has 0 saturated carbocycles. The zero-order valence-corrected chi connectivity index (χ0v) is 12.2. The van der Waals surface area contributed by atoms with Crippen LogP contribution >= 0.6 is 0 Å². The van der Waals surface area contributed by atoms with Crippen molar-refractivity contribution in [1.82, 2.24) is 5.32 Å². The molecule has 2 N–H and O–H groups in total. The summed E-state index contributed by atoms with van der Waals surface area (Å²) in [7, 11) is 2.07. The van der Waals surface area contributed by atoms with E-state index in [-0.39, 0.29) is 12.1 Å². The van der Waals surface area contributed by atoms with Crippen molar-refractivity contribution >= 4 is 5.69 Å². The number of anilines is 1. The van der Waals surface area contributed by atoms with Gasteiger partial charge in [0.05, 0.1) is 12.1 Å². The van der Waals surface area contributed by atoms with Gasteiger partial charge in [-0.05, 0) is 50.6 Å². The molecule has 0 aliphatic rings. The number of nitrogens with one attached hydrogen (secondary N) is 1. The van der Waals surface area contributed by atoms with Gasteiger partial charge in [0.25, 0.3) is 0 Å². The zero-order chi connectivity index (χ0) is 13.8. The summed E-state index contributed by atoms with van der Waals surface area (Å²) in [6.45, 7) is 10.1. The van der Waals surface area contributed by atoms with Gasteiger partial charge in [0, 0.05) is 19.3 Å². The van der Waals surface area contributed by atoms with Crippen molar-refractivity contribution in [1.29, 1.82) is 0 Å². The second-order valence-electron chi connectivity index (χ2n) is 5.45. The molecule has 1 rings (SSSR count). The molecule has 1 aromatic carbocycles. The molecule has 102 valence electrons. The van der Waals surface area contributed by atoms with E-state index in [1.807, 2.05) is 0 Å². The molecular formula is C15H26N2O. The summed E-state index contributed by atoms with van der Waals surface area (Å²) in [6, 6.07) is 6.53. The first-order valence-corrected chi connectivity index (χ1v) is 6.55. The fraction of sp³-hybridized carbons (Fsp3) is 0.600. The second-order valence-corrected chi connectivity index (χ2v) is 5.45. The molecule has 1 aromatic rings. The van der Waals surface area contributed by atoms with Crippen LogP contribution < -0.4 is 10.2 Å². The SMILES string of the molecule is CCNC(C)(CO)CN(C)c1cc(C)cc(C)c1. The summed E-state index contributed by atoms with van der Waals surface area (Å²) in [4.78, 5) is 2.19. The lowest BCUT2D eigenvalue weighted by Gasteiger charge is -2.34. The molecule has 0 heterocycles. The Morgan fingerprint density at radius 3 is 2.22 bits per heavy atom. The van der Waals surface area contributed by atoms with Gasteiger partial charge in [0.1, 0.15) is 0 Å². The molecule has 0 radical (unpaired) electrons. The number of hydrogen-bond donors (Lipinski definition) is 2. The second kappa shape index (κ2) is 6.21. The van der Waals surface area contributed by atoms with Gasteiger partial charge < -0.3 is 15.3 Å². The highest BCUT2D eigenvalue weighted by atomic mass is 16.3. The Morgan fingerprint density at radius 2 is 1.78 bits per heavy atom. The van der Waals surface area contributed by atoms with Gasteiger partial charge in [-0.1, -0.05) is 13.0 Å². The van der Waals surface area contributed by atoms with Gasteiger partial charge in [0.15, 0.2) is 0 Å². The summed E-state index contributed by atoms with van der Waals surface area (Å²) in [5.74, 6) is 0. The van der Waals surface area contributed by atoms with E-state index in [1.54, 1.807) is 0 Å². The van der Waals surface area contributed by atoms with Crippen LogP contribution in [0.3, 0.4) is 0 Å². The first kappa shape index (κ1) is 15.0.